The quantitative estimate of drug-likeness (QED) is 0.634. The van der Waals surface area contributed by atoms with E-state index >= 15 is 0 Å². The number of aryl methyl sites for hydroxylation is 1. The average molecular weight is 257 g/mol. The zero-order chi connectivity index (χ0) is 13.7. The summed E-state index contributed by atoms with van der Waals surface area (Å²) in [6.07, 6.45) is 0. The minimum absolute atomic E-state index is 0.660. The number of nitrogen functional groups attached to an aromatic ring is 1. The Labute approximate surface area is 113 Å². The van der Waals surface area contributed by atoms with Crippen molar-refractivity contribution in [3.8, 4) is 0 Å². The van der Waals surface area contributed by atoms with Crippen LogP contribution in [0.4, 0.5) is 11.6 Å². The Hall–Kier alpha value is -2.14. The van der Waals surface area contributed by atoms with Crippen molar-refractivity contribution in [3.63, 3.8) is 0 Å². The smallest absolute Gasteiger partial charge is 0.142 e. The molecule has 3 N–H and O–H groups in total. The predicted octanol–water partition coefficient (Wildman–Crippen LogP) is 2.10. The molecule has 100 valence electrons. The van der Waals surface area contributed by atoms with Crippen molar-refractivity contribution in [1.29, 1.82) is 0 Å². The Morgan fingerprint density at radius 2 is 1.95 bits per heavy atom. The van der Waals surface area contributed by atoms with Crippen LogP contribution < -0.4 is 16.2 Å². The van der Waals surface area contributed by atoms with Gasteiger partial charge in [-0.05, 0) is 38.1 Å². The van der Waals surface area contributed by atoms with Crippen LogP contribution >= 0.6 is 0 Å². The number of hydrogen-bond acceptors (Lipinski definition) is 5. The van der Waals surface area contributed by atoms with Crippen molar-refractivity contribution in [2.75, 3.05) is 16.9 Å². The SMILES string of the molecule is CCN(Cc1cccc(C)n1)c1cccc(NN)n1. The Balaban J connectivity index is 2.19. The van der Waals surface area contributed by atoms with Crippen LogP contribution in [0.3, 0.4) is 0 Å². The van der Waals surface area contributed by atoms with Gasteiger partial charge in [-0.1, -0.05) is 12.1 Å². The molecule has 0 aromatic carbocycles. The standard InChI is InChI=1S/C14H19N5/c1-3-19(10-12-7-4-6-11(2)16-12)14-9-5-8-13(17-14)18-15/h4-9H,3,10,15H2,1-2H3,(H,17,18). The van der Waals surface area contributed by atoms with Crippen LogP contribution in [0.1, 0.15) is 18.3 Å². The minimum atomic E-state index is 0.660. The zero-order valence-corrected chi connectivity index (χ0v) is 11.3. The molecule has 5 nitrogen and oxygen atoms in total. The lowest BCUT2D eigenvalue weighted by atomic mass is 10.3. The van der Waals surface area contributed by atoms with Crippen LogP contribution in [0.5, 0.6) is 0 Å². The molecule has 2 aromatic rings. The molecule has 0 aliphatic heterocycles. The summed E-state index contributed by atoms with van der Waals surface area (Å²) < 4.78 is 0. The van der Waals surface area contributed by atoms with Crippen molar-refractivity contribution >= 4 is 11.6 Å². The maximum Gasteiger partial charge on any atom is 0.142 e. The molecule has 19 heavy (non-hydrogen) atoms. The lowest BCUT2D eigenvalue weighted by Gasteiger charge is -2.22. The van der Waals surface area contributed by atoms with Gasteiger partial charge in [0.05, 0.1) is 12.2 Å². The molecule has 0 unspecified atom stereocenters. The van der Waals surface area contributed by atoms with Crippen molar-refractivity contribution in [3.05, 3.63) is 47.8 Å². The predicted molar refractivity (Wildman–Crippen MR) is 77.7 cm³/mol. The largest absolute Gasteiger partial charge is 0.351 e. The number of nitrogens with one attached hydrogen (secondary N) is 1. The van der Waals surface area contributed by atoms with E-state index < -0.39 is 0 Å². The van der Waals surface area contributed by atoms with E-state index in [4.69, 9.17) is 5.84 Å². The summed E-state index contributed by atoms with van der Waals surface area (Å²) in [5.41, 5.74) is 4.63. The number of pyridine rings is 2. The Bertz CT molecular complexity index is 541. The molecule has 2 aromatic heterocycles. The van der Waals surface area contributed by atoms with E-state index in [0.29, 0.717) is 5.82 Å². The minimum Gasteiger partial charge on any atom is -0.351 e. The van der Waals surface area contributed by atoms with Gasteiger partial charge in [0, 0.05) is 12.2 Å². The molecular weight excluding hydrogens is 238 g/mol. The van der Waals surface area contributed by atoms with Gasteiger partial charge in [0.2, 0.25) is 0 Å². The van der Waals surface area contributed by atoms with E-state index in [1.54, 1.807) is 0 Å². The number of nitrogens with zero attached hydrogens (tertiary/aromatic N) is 3. The highest BCUT2D eigenvalue weighted by atomic mass is 15.3. The summed E-state index contributed by atoms with van der Waals surface area (Å²) in [6.45, 7) is 5.69. The van der Waals surface area contributed by atoms with Gasteiger partial charge in [-0.2, -0.15) is 0 Å². The van der Waals surface area contributed by atoms with E-state index in [0.717, 1.165) is 30.3 Å². The number of hydrazine groups is 1. The summed E-state index contributed by atoms with van der Waals surface area (Å²) in [5, 5.41) is 0. The normalized spacial score (nSPS) is 10.3. The lowest BCUT2D eigenvalue weighted by molar-refractivity contribution is 0.791. The molecule has 0 fully saturated rings. The number of nitrogens with two attached hydrogens (primary N) is 1. The van der Waals surface area contributed by atoms with Gasteiger partial charge in [-0.25, -0.2) is 10.8 Å². The van der Waals surface area contributed by atoms with E-state index in [2.05, 4.69) is 27.2 Å². The Morgan fingerprint density at radius 3 is 2.63 bits per heavy atom. The van der Waals surface area contributed by atoms with Crippen LogP contribution in [0, 0.1) is 6.92 Å². The van der Waals surface area contributed by atoms with Gasteiger partial charge in [0.1, 0.15) is 11.6 Å². The zero-order valence-electron chi connectivity index (χ0n) is 11.3. The highest BCUT2D eigenvalue weighted by molar-refractivity contribution is 5.46. The van der Waals surface area contributed by atoms with Crippen molar-refractivity contribution in [2.24, 2.45) is 5.84 Å². The van der Waals surface area contributed by atoms with E-state index in [1.165, 1.54) is 0 Å². The molecule has 0 saturated heterocycles. The molecule has 2 heterocycles. The van der Waals surface area contributed by atoms with Gasteiger partial charge < -0.3 is 10.3 Å². The van der Waals surface area contributed by atoms with Gasteiger partial charge >= 0.3 is 0 Å². The summed E-state index contributed by atoms with van der Waals surface area (Å²) in [4.78, 5) is 11.1. The number of aromatic nitrogens is 2. The third kappa shape index (κ3) is 3.42. The molecule has 0 amide bonds. The van der Waals surface area contributed by atoms with E-state index in [-0.39, 0.29) is 0 Å². The van der Waals surface area contributed by atoms with Gasteiger partial charge in [-0.3, -0.25) is 4.98 Å². The first-order valence-corrected chi connectivity index (χ1v) is 6.34. The van der Waals surface area contributed by atoms with Crippen LogP contribution in [-0.2, 0) is 6.54 Å². The third-order valence-electron chi connectivity index (χ3n) is 2.89. The number of anilines is 2. The van der Waals surface area contributed by atoms with Crippen LogP contribution in [0.25, 0.3) is 0 Å². The van der Waals surface area contributed by atoms with E-state index in [1.807, 2.05) is 43.3 Å². The molecule has 0 radical (unpaired) electrons. The summed E-state index contributed by atoms with van der Waals surface area (Å²) in [5.74, 6) is 6.94. The first-order chi connectivity index (χ1) is 9.22. The molecule has 0 bridgehead atoms. The highest BCUT2D eigenvalue weighted by Crippen LogP contribution is 2.16. The number of rotatable bonds is 5. The monoisotopic (exact) mass is 257 g/mol. The first-order valence-electron chi connectivity index (χ1n) is 6.34. The summed E-state index contributed by atoms with van der Waals surface area (Å²) in [7, 11) is 0. The van der Waals surface area contributed by atoms with Gasteiger partial charge in [0.15, 0.2) is 0 Å². The van der Waals surface area contributed by atoms with Gasteiger partial charge in [-0.15, -0.1) is 0 Å². The molecule has 0 spiro atoms. The first kappa shape index (κ1) is 13.3. The second-order valence-electron chi connectivity index (χ2n) is 4.31. The van der Waals surface area contributed by atoms with Gasteiger partial charge in [0.25, 0.3) is 0 Å². The Morgan fingerprint density at radius 1 is 1.16 bits per heavy atom. The summed E-state index contributed by atoms with van der Waals surface area (Å²) >= 11 is 0. The molecular formula is C14H19N5. The topological polar surface area (TPSA) is 67.1 Å². The van der Waals surface area contributed by atoms with Crippen molar-refractivity contribution < 1.29 is 0 Å². The second-order valence-corrected chi connectivity index (χ2v) is 4.31. The molecule has 5 heteroatoms. The van der Waals surface area contributed by atoms with Crippen LogP contribution in [0.2, 0.25) is 0 Å². The van der Waals surface area contributed by atoms with E-state index in [9.17, 15) is 0 Å². The fourth-order valence-electron chi connectivity index (χ4n) is 1.92. The fraction of sp³-hybridized carbons (Fsp3) is 0.286. The molecule has 0 saturated carbocycles. The molecule has 0 aliphatic carbocycles. The fourth-order valence-corrected chi connectivity index (χ4v) is 1.92. The van der Waals surface area contributed by atoms with Crippen LogP contribution in [-0.4, -0.2) is 16.5 Å². The lowest BCUT2D eigenvalue weighted by Crippen LogP contribution is -2.24. The Kier molecular flexibility index (Phi) is 4.30. The molecule has 0 atom stereocenters. The van der Waals surface area contributed by atoms with Crippen molar-refractivity contribution in [1.82, 2.24) is 9.97 Å². The maximum absolute atomic E-state index is 5.39. The highest BCUT2D eigenvalue weighted by Gasteiger charge is 2.08. The molecule has 2 rings (SSSR count). The molecule has 0 aliphatic rings. The average Bonchev–Trinajstić information content (AvgIpc) is 2.45. The third-order valence-corrected chi connectivity index (χ3v) is 2.89. The van der Waals surface area contributed by atoms with Crippen LogP contribution in [0.15, 0.2) is 36.4 Å². The summed E-state index contributed by atoms with van der Waals surface area (Å²) in [6, 6.07) is 11.8. The van der Waals surface area contributed by atoms with Crippen molar-refractivity contribution in [2.45, 2.75) is 20.4 Å². The second kappa shape index (κ2) is 6.15. The number of hydrogen-bond donors (Lipinski definition) is 2. The maximum atomic E-state index is 5.39.